The number of nitrogens with one attached hydrogen (secondary N) is 1. The quantitative estimate of drug-likeness (QED) is 0.444. The molecule has 0 bridgehead atoms. The molecule has 1 unspecified atom stereocenters. The van der Waals surface area contributed by atoms with Crippen LogP contribution < -0.4 is 11.3 Å². The van der Waals surface area contributed by atoms with Crippen molar-refractivity contribution in [2.75, 3.05) is 0 Å². The number of hydrazine groups is 1. The van der Waals surface area contributed by atoms with E-state index in [0.717, 1.165) is 24.4 Å². The van der Waals surface area contributed by atoms with Crippen LogP contribution in [0.2, 0.25) is 0 Å². The Morgan fingerprint density at radius 3 is 2.47 bits per heavy atom. The fraction of sp³-hybridized carbons (Fsp3) is 0.500. The summed E-state index contributed by atoms with van der Waals surface area (Å²) in [5, 5.41) is 0. The molecule has 1 aromatic heterocycles. The Morgan fingerprint density at radius 2 is 2.07 bits per heavy atom. The van der Waals surface area contributed by atoms with Crippen LogP contribution in [0.4, 0.5) is 0 Å². The van der Waals surface area contributed by atoms with Crippen LogP contribution in [0.1, 0.15) is 41.5 Å². The van der Waals surface area contributed by atoms with E-state index in [-0.39, 0.29) is 6.04 Å². The van der Waals surface area contributed by atoms with Crippen LogP contribution >= 0.6 is 0 Å². The number of aryl methyl sites for hydroxylation is 2. The molecule has 0 fully saturated rings. The van der Waals surface area contributed by atoms with Crippen molar-refractivity contribution in [2.24, 2.45) is 5.84 Å². The Balaban J connectivity index is 2.95. The number of furan rings is 1. The standard InChI is InChI=1S/C12H20N2O/c1-5-6-7-11(14-13)12-8(2)9(3)15-10(12)4/h5,11,14H,1,6-7,13H2,2-4H3. The van der Waals surface area contributed by atoms with Gasteiger partial charge in [-0.3, -0.25) is 11.3 Å². The zero-order valence-corrected chi connectivity index (χ0v) is 9.76. The van der Waals surface area contributed by atoms with Gasteiger partial charge in [-0.1, -0.05) is 6.08 Å². The van der Waals surface area contributed by atoms with Gasteiger partial charge in [-0.2, -0.15) is 0 Å². The van der Waals surface area contributed by atoms with Gasteiger partial charge in [-0.25, -0.2) is 0 Å². The van der Waals surface area contributed by atoms with Crippen molar-refractivity contribution >= 4 is 0 Å². The number of nitrogens with two attached hydrogens (primary N) is 1. The molecule has 1 heterocycles. The summed E-state index contributed by atoms with van der Waals surface area (Å²) in [7, 11) is 0. The first kappa shape index (κ1) is 12.0. The summed E-state index contributed by atoms with van der Waals surface area (Å²) in [5.41, 5.74) is 5.23. The van der Waals surface area contributed by atoms with Crippen molar-refractivity contribution in [1.82, 2.24) is 5.43 Å². The summed E-state index contributed by atoms with van der Waals surface area (Å²) in [6.07, 6.45) is 3.79. The van der Waals surface area contributed by atoms with E-state index in [1.165, 1.54) is 11.1 Å². The summed E-state index contributed by atoms with van der Waals surface area (Å²) in [5.74, 6) is 7.50. The van der Waals surface area contributed by atoms with Gasteiger partial charge in [0.2, 0.25) is 0 Å². The van der Waals surface area contributed by atoms with Gasteiger partial charge in [-0.15, -0.1) is 6.58 Å². The molecule has 0 aliphatic rings. The molecular weight excluding hydrogens is 188 g/mol. The molecule has 3 heteroatoms. The van der Waals surface area contributed by atoms with Crippen molar-refractivity contribution in [1.29, 1.82) is 0 Å². The maximum absolute atomic E-state index is 5.59. The molecule has 0 aliphatic heterocycles. The summed E-state index contributed by atoms with van der Waals surface area (Å²) in [6.45, 7) is 9.75. The van der Waals surface area contributed by atoms with Crippen LogP contribution in [0.25, 0.3) is 0 Å². The van der Waals surface area contributed by atoms with Gasteiger partial charge in [0.05, 0.1) is 0 Å². The zero-order valence-electron chi connectivity index (χ0n) is 9.76. The fourth-order valence-corrected chi connectivity index (χ4v) is 1.92. The predicted octanol–water partition coefficient (Wildman–Crippen LogP) is 2.68. The molecule has 0 aromatic carbocycles. The second-order valence-electron chi connectivity index (χ2n) is 3.84. The van der Waals surface area contributed by atoms with Gasteiger partial charge in [-0.05, 0) is 39.2 Å². The molecule has 15 heavy (non-hydrogen) atoms. The van der Waals surface area contributed by atoms with E-state index in [0.29, 0.717) is 0 Å². The van der Waals surface area contributed by atoms with Gasteiger partial charge >= 0.3 is 0 Å². The molecule has 0 saturated carbocycles. The van der Waals surface area contributed by atoms with Crippen molar-refractivity contribution in [3.8, 4) is 0 Å². The Kier molecular flexibility index (Phi) is 4.12. The van der Waals surface area contributed by atoms with Crippen LogP contribution in [-0.2, 0) is 0 Å². The van der Waals surface area contributed by atoms with Crippen LogP contribution in [-0.4, -0.2) is 0 Å². The highest BCUT2D eigenvalue weighted by molar-refractivity contribution is 5.34. The van der Waals surface area contributed by atoms with E-state index in [9.17, 15) is 0 Å². The largest absolute Gasteiger partial charge is 0.466 e. The third kappa shape index (κ3) is 2.49. The first-order chi connectivity index (χ1) is 7.11. The van der Waals surface area contributed by atoms with Gasteiger partial charge in [0.1, 0.15) is 11.5 Å². The van der Waals surface area contributed by atoms with Crippen molar-refractivity contribution in [3.63, 3.8) is 0 Å². The van der Waals surface area contributed by atoms with E-state index in [2.05, 4.69) is 18.9 Å². The molecule has 0 spiro atoms. The maximum atomic E-state index is 5.59. The average Bonchev–Trinajstić information content (AvgIpc) is 2.45. The van der Waals surface area contributed by atoms with Gasteiger partial charge in [0.25, 0.3) is 0 Å². The third-order valence-corrected chi connectivity index (χ3v) is 2.83. The number of rotatable bonds is 5. The minimum atomic E-state index is 0.153. The highest BCUT2D eigenvalue weighted by atomic mass is 16.3. The molecule has 3 nitrogen and oxygen atoms in total. The molecule has 0 aliphatic carbocycles. The fourth-order valence-electron chi connectivity index (χ4n) is 1.92. The predicted molar refractivity (Wildman–Crippen MR) is 62.4 cm³/mol. The lowest BCUT2D eigenvalue weighted by Gasteiger charge is -2.15. The average molecular weight is 208 g/mol. The van der Waals surface area contributed by atoms with Crippen molar-refractivity contribution < 1.29 is 4.42 Å². The summed E-state index contributed by atoms with van der Waals surface area (Å²) < 4.78 is 5.59. The first-order valence-electron chi connectivity index (χ1n) is 5.25. The lowest BCUT2D eigenvalue weighted by Crippen LogP contribution is -2.28. The third-order valence-electron chi connectivity index (χ3n) is 2.83. The van der Waals surface area contributed by atoms with E-state index in [4.69, 9.17) is 10.3 Å². The highest BCUT2D eigenvalue weighted by Gasteiger charge is 2.19. The molecular formula is C12H20N2O. The summed E-state index contributed by atoms with van der Waals surface area (Å²) >= 11 is 0. The van der Waals surface area contributed by atoms with Crippen LogP contribution in [0.5, 0.6) is 0 Å². The molecule has 0 saturated heterocycles. The van der Waals surface area contributed by atoms with Crippen molar-refractivity contribution in [2.45, 2.75) is 39.7 Å². The van der Waals surface area contributed by atoms with E-state index >= 15 is 0 Å². The number of hydrogen-bond acceptors (Lipinski definition) is 3. The number of allylic oxidation sites excluding steroid dienone is 1. The van der Waals surface area contributed by atoms with E-state index in [1.807, 2.05) is 19.9 Å². The van der Waals surface area contributed by atoms with Gasteiger partial charge in [0.15, 0.2) is 0 Å². The maximum Gasteiger partial charge on any atom is 0.106 e. The number of hydrogen-bond donors (Lipinski definition) is 2. The lowest BCUT2D eigenvalue weighted by molar-refractivity contribution is 0.476. The minimum Gasteiger partial charge on any atom is -0.466 e. The molecule has 1 atom stereocenters. The molecule has 3 N–H and O–H groups in total. The molecule has 0 radical (unpaired) electrons. The monoisotopic (exact) mass is 208 g/mol. The van der Waals surface area contributed by atoms with Gasteiger partial charge in [0, 0.05) is 11.6 Å². The van der Waals surface area contributed by atoms with Crippen LogP contribution in [0.15, 0.2) is 17.1 Å². The molecule has 1 aromatic rings. The first-order valence-corrected chi connectivity index (χ1v) is 5.25. The molecule has 1 rings (SSSR count). The Hall–Kier alpha value is -1.06. The van der Waals surface area contributed by atoms with Crippen LogP contribution in [0.3, 0.4) is 0 Å². The van der Waals surface area contributed by atoms with E-state index < -0.39 is 0 Å². The second-order valence-corrected chi connectivity index (χ2v) is 3.84. The van der Waals surface area contributed by atoms with Crippen molar-refractivity contribution in [3.05, 3.63) is 35.3 Å². The summed E-state index contributed by atoms with van der Waals surface area (Å²) in [4.78, 5) is 0. The van der Waals surface area contributed by atoms with Crippen LogP contribution in [0, 0.1) is 20.8 Å². The summed E-state index contributed by atoms with van der Waals surface area (Å²) in [6, 6.07) is 0.153. The van der Waals surface area contributed by atoms with E-state index in [1.54, 1.807) is 0 Å². The zero-order chi connectivity index (χ0) is 11.4. The molecule has 84 valence electrons. The second kappa shape index (κ2) is 5.14. The normalized spacial score (nSPS) is 12.8. The molecule has 0 amide bonds. The van der Waals surface area contributed by atoms with Gasteiger partial charge < -0.3 is 4.42 Å². The lowest BCUT2D eigenvalue weighted by atomic mass is 9.99. The smallest absolute Gasteiger partial charge is 0.106 e. The Morgan fingerprint density at radius 1 is 1.40 bits per heavy atom. The Labute approximate surface area is 91.3 Å². The SMILES string of the molecule is C=CCCC(NN)c1c(C)oc(C)c1C. The highest BCUT2D eigenvalue weighted by Crippen LogP contribution is 2.29. The topological polar surface area (TPSA) is 51.2 Å². The Bertz CT molecular complexity index is 342. The minimum absolute atomic E-state index is 0.153.